The molecule has 6 heteroatoms. The van der Waals surface area contributed by atoms with Gasteiger partial charge < -0.3 is 5.32 Å². The topological polar surface area (TPSA) is 75.3 Å². The lowest BCUT2D eigenvalue weighted by Crippen LogP contribution is -2.19. The molecule has 0 unspecified atom stereocenters. The zero-order valence-corrected chi connectivity index (χ0v) is 16.6. The molecule has 3 rings (SSSR count). The SMILES string of the molecule is CCc1ccccc1NC(=O)c1ccccc1NS(=O)(=O)c1ccc(C)cc1. The van der Waals surface area contributed by atoms with Crippen LogP contribution in [0, 0.1) is 6.92 Å². The van der Waals surface area contributed by atoms with Crippen molar-refractivity contribution in [3.63, 3.8) is 0 Å². The first-order chi connectivity index (χ1) is 13.4. The van der Waals surface area contributed by atoms with Crippen LogP contribution in [0.4, 0.5) is 11.4 Å². The standard InChI is InChI=1S/C22H22N2O3S/c1-3-17-8-4-6-10-20(17)23-22(25)19-9-5-7-11-21(19)24-28(26,27)18-14-12-16(2)13-15-18/h4-15,24H,3H2,1-2H3,(H,23,25). The number of hydrogen-bond acceptors (Lipinski definition) is 3. The fourth-order valence-corrected chi connectivity index (χ4v) is 3.91. The van der Waals surface area contributed by atoms with Crippen molar-refractivity contribution < 1.29 is 13.2 Å². The molecular formula is C22H22N2O3S. The molecule has 0 aromatic heterocycles. The second kappa shape index (κ2) is 8.27. The zero-order chi connectivity index (χ0) is 20.1. The minimum atomic E-state index is -3.80. The largest absolute Gasteiger partial charge is 0.322 e. The van der Waals surface area contributed by atoms with Crippen molar-refractivity contribution in [3.05, 3.63) is 89.5 Å². The molecule has 0 aliphatic carbocycles. The maximum absolute atomic E-state index is 12.8. The third kappa shape index (κ3) is 4.40. The lowest BCUT2D eigenvalue weighted by atomic mass is 10.1. The Morgan fingerprint density at radius 2 is 1.46 bits per heavy atom. The summed E-state index contributed by atoms with van der Waals surface area (Å²) < 4.78 is 27.9. The van der Waals surface area contributed by atoms with Crippen LogP contribution in [0.2, 0.25) is 0 Å². The van der Waals surface area contributed by atoms with Gasteiger partial charge in [-0.15, -0.1) is 0 Å². The van der Waals surface area contributed by atoms with Crippen LogP contribution in [0.15, 0.2) is 77.7 Å². The van der Waals surface area contributed by atoms with Crippen molar-refractivity contribution in [2.75, 3.05) is 10.0 Å². The van der Waals surface area contributed by atoms with E-state index in [1.54, 1.807) is 36.4 Å². The molecule has 0 atom stereocenters. The van der Waals surface area contributed by atoms with Gasteiger partial charge in [-0.05, 0) is 49.2 Å². The minimum absolute atomic E-state index is 0.143. The molecule has 0 radical (unpaired) electrons. The monoisotopic (exact) mass is 394 g/mol. The van der Waals surface area contributed by atoms with E-state index < -0.39 is 10.0 Å². The Morgan fingerprint density at radius 1 is 0.857 bits per heavy atom. The highest BCUT2D eigenvalue weighted by molar-refractivity contribution is 7.92. The Kier molecular flexibility index (Phi) is 5.80. The van der Waals surface area contributed by atoms with Crippen LogP contribution in [-0.4, -0.2) is 14.3 Å². The van der Waals surface area contributed by atoms with Gasteiger partial charge in [0.05, 0.1) is 16.1 Å². The van der Waals surface area contributed by atoms with E-state index in [1.807, 2.05) is 38.1 Å². The van der Waals surface area contributed by atoms with Crippen LogP contribution >= 0.6 is 0 Å². The second-order valence-corrected chi connectivity index (χ2v) is 8.11. The Morgan fingerprint density at radius 3 is 2.14 bits per heavy atom. The maximum atomic E-state index is 12.8. The summed E-state index contributed by atoms with van der Waals surface area (Å²) >= 11 is 0. The average molecular weight is 394 g/mol. The van der Waals surface area contributed by atoms with Gasteiger partial charge in [-0.3, -0.25) is 9.52 Å². The van der Waals surface area contributed by atoms with Gasteiger partial charge in [0.1, 0.15) is 0 Å². The quantitative estimate of drug-likeness (QED) is 0.641. The summed E-state index contributed by atoms with van der Waals surface area (Å²) in [5.41, 5.74) is 3.17. The lowest BCUT2D eigenvalue weighted by Gasteiger charge is -2.14. The minimum Gasteiger partial charge on any atom is -0.322 e. The van der Waals surface area contributed by atoms with E-state index in [4.69, 9.17) is 0 Å². The van der Waals surface area contributed by atoms with E-state index >= 15 is 0 Å². The van der Waals surface area contributed by atoms with Crippen LogP contribution in [0.3, 0.4) is 0 Å². The van der Waals surface area contributed by atoms with Gasteiger partial charge in [-0.25, -0.2) is 8.42 Å². The van der Waals surface area contributed by atoms with Gasteiger partial charge >= 0.3 is 0 Å². The van der Waals surface area contributed by atoms with Crippen LogP contribution in [-0.2, 0) is 16.4 Å². The summed E-state index contributed by atoms with van der Waals surface area (Å²) in [6.45, 7) is 3.90. The van der Waals surface area contributed by atoms with Crippen molar-refractivity contribution >= 4 is 27.3 Å². The molecule has 0 spiro atoms. The molecule has 3 aromatic rings. The molecule has 0 bridgehead atoms. The van der Waals surface area contributed by atoms with E-state index in [1.165, 1.54) is 12.1 Å². The number of para-hydroxylation sites is 2. The van der Waals surface area contributed by atoms with Crippen LogP contribution in [0.5, 0.6) is 0 Å². The smallest absolute Gasteiger partial charge is 0.261 e. The summed E-state index contributed by atoms with van der Waals surface area (Å²) in [5, 5.41) is 2.88. The summed E-state index contributed by atoms with van der Waals surface area (Å²) in [7, 11) is -3.80. The first-order valence-corrected chi connectivity index (χ1v) is 10.5. The van der Waals surface area contributed by atoms with E-state index in [0.717, 1.165) is 17.5 Å². The number of carbonyl (C=O) groups is 1. The molecule has 0 saturated heterocycles. The predicted octanol–water partition coefficient (Wildman–Crippen LogP) is 4.61. The van der Waals surface area contributed by atoms with Crippen LogP contribution in [0.25, 0.3) is 0 Å². The number of amides is 1. The van der Waals surface area contributed by atoms with Crippen LogP contribution < -0.4 is 10.0 Å². The third-order valence-corrected chi connectivity index (χ3v) is 5.78. The third-order valence-electron chi connectivity index (χ3n) is 4.39. The zero-order valence-electron chi connectivity index (χ0n) is 15.8. The van der Waals surface area contributed by atoms with Gasteiger partial charge in [-0.2, -0.15) is 0 Å². The number of benzene rings is 3. The molecule has 0 aliphatic rings. The molecule has 1 amide bonds. The predicted molar refractivity (Wildman–Crippen MR) is 112 cm³/mol. The normalized spacial score (nSPS) is 11.1. The number of nitrogens with one attached hydrogen (secondary N) is 2. The van der Waals surface area contributed by atoms with Crippen molar-refractivity contribution in [2.24, 2.45) is 0 Å². The number of rotatable bonds is 6. The van der Waals surface area contributed by atoms with Crippen LogP contribution in [0.1, 0.15) is 28.4 Å². The first-order valence-electron chi connectivity index (χ1n) is 8.98. The molecule has 5 nitrogen and oxygen atoms in total. The fraction of sp³-hybridized carbons (Fsp3) is 0.136. The lowest BCUT2D eigenvalue weighted by molar-refractivity contribution is 0.102. The van der Waals surface area contributed by atoms with Crippen molar-refractivity contribution in [1.29, 1.82) is 0 Å². The number of aryl methyl sites for hydroxylation is 2. The van der Waals surface area contributed by atoms with E-state index in [9.17, 15) is 13.2 Å². The van der Waals surface area contributed by atoms with Gasteiger partial charge in [-0.1, -0.05) is 55.0 Å². The summed E-state index contributed by atoms with van der Waals surface area (Å²) in [6, 6.07) is 20.6. The molecule has 2 N–H and O–H groups in total. The molecule has 28 heavy (non-hydrogen) atoms. The number of sulfonamides is 1. The Hall–Kier alpha value is -3.12. The summed E-state index contributed by atoms with van der Waals surface area (Å²) in [6.07, 6.45) is 0.776. The summed E-state index contributed by atoms with van der Waals surface area (Å²) in [4.78, 5) is 13.0. The number of carbonyl (C=O) groups excluding carboxylic acids is 1. The van der Waals surface area contributed by atoms with Gasteiger partial charge in [0.2, 0.25) is 0 Å². The molecule has 0 saturated carbocycles. The molecule has 3 aromatic carbocycles. The Labute approximate surface area is 165 Å². The molecule has 0 aliphatic heterocycles. The fourth-order valence-electron chi connectivity index (χ4n) is 2.83. The second-order valence-electron chi connectivity index (χ2n) is 6.43. The highest BCUT2D eigenvalue weighted by Gasteiger charge is 2.19. The molecule has 0 fully saturated rings. The molecule has 144 valence electrons. The van der Waals surface area contributed by atoms with Gasteiger partial charge in [0.15, 0.2) is 0 Å². The van der Waals surface area contributed by atoms with Crippen molar-refractivity contribution in [2.45, 2.75) is 25.2 Å². The van der Waals surface area contributed by atoms with Gasteiger partial charge in [0.25, 0.3) is 15.9 Å². The molecular weight excluding hydrogens is 372 g/mol. The highest BCUT2D eigenvalue weighted by atomic mass is 32.2. The van der Waals surface area contributed by atoms with E-state index in [0.29, 0.717) is 5.69 Å². The van der Waals surface area contributed by atoms with Gasteiger partial charge in [0, 0.05) is 5.69 Å². The number of anilines is 2. The average Bonchev–Trinajstić information content (AvgIpc) is 2.69. The number of hydrogen-bond donors (Lipinski definition) is 2. The Balaban J connectivity index is 1.88. The first kappa shape index (κ1) is 19.6. The maximum Gasteiger partial charge on any atom is 0.261 e. The highest BCUT2D eigenvalue weighted by Crippen LogP contribution is 2.23. The van der Waals surface area contributed by atoms with Crippen molar-refractivity contribution in [3.8, 4) is 0 Å². The summed E-state index contributed by atoms with van der Waals surface area (Å²) in [5.74, 6) is -0.372. The molecule has 0 heterocycles. The Bertz CT molecular complexity index is 1090. The van der Waals surface area contributed by atoms with Crippen molar-refractivity contribution in [1.82, 2.24) is 0 Å². The van der Waals surface area contributed by atoms with E-state index in [-0.39, 0.29) is 22.1 Å². The van der Waals surface area contributed by atoms with E-state index in [2.05, 4.69) is 10.0 Å².